The fraction of sp³-hybridized carbons (Fsp3) is 0.300. The number of nitrogens with one attached hydrogen (secondary N) is 1. The quantitative estimate of drug-likeness (QED) is 0.837. The fourth-order valence-corrected chi connectivity index (χ4v) is 2.45. The third kappa shape index (κ3) is 2.67. The van der Waals surface area contributed by atoms with E-state index >= 15 is 0 Å². The number of ketones is 1. The Morgan fingerprint density at radius 2 is 1.94 bits per heavy atom. The lowest BCUT2D eigenvalue weighted by atomic mass is 10.1. The number of hydrogen-bond donors (Lipinski definition) is 1. The summed E-state index contributed by atoms with van der Waals surface area (Å²) in [7, 11) is -4.06. The molecule has 0 bridgehead atoms. The highest BCUT2D eigenvalue weighted by molar-refractivity contribution is 7.89. The summed E-state index contributed by atoms with van der Waals surface area (Å²) in [4.78, 5) is 10.3. The van der Waals surface area contributed by atoms with Gasteiger partial charge in [0, 0.05) is 6.54 Å². The van der Waals surface area contributed by atoms with Crippen LogP contribution in [0.4, 0.5) is 8.78 Å². The van der Waals surface area contributed by atoms with Crippen molar-refractivity contribution >= 4 is 15.8 Å². The smallest absolute Gasteiger partial charge is 0.243 e. The molecule has 0 aliphatic heterocycles. The molecule has 0 atom stereocenters. The molecule has 1 aromatic carbocycles. The number of hydrogen-bond acceptors (Lipinski definition) is 3. The van der Waals surface area contributed by atoms with Crippen LogP contribution in [0.25, 0.3) is 0 Å². The topological polar surface area (TPSA) is 63.2 Å². The second kappa shape index (κ2) is 4.89. The Morgan fingerprint density at radius 3 is 2.41 bits per heavy atom. The van der Waals surface area contributed by atoms with E-state index in [-0.39, 0.29) is 6.54 Å². The fourth-order valence-electron chi connectivity index (χ4n) is 1.33. The molecule has 0 spiro atoms. The van der Waals surface area contributed by atoms with Crippen LogP contribution in [0.15, 0.2) is 17.0 Å². The first-order chi connectivity index (χ1) is 7.81. The second-order valence-electron chi connectivity index (χ2n) is 3.29. The van der Waals surface area contributed by atoms with Crippen molar-refractivity contribution < 1.29 is 22.0 Å². The highest BCUT2D eigenvalue weighted by atomic mass is 32.2. The Balaban J connectivity index is 3.49. The normalized spacial score (nSPS) is 11.5. The third-order valence-electron chi connectivity index (χ3n) is 2.03. The van der Waals surface area contributed by atoms with Gasteiger partial charge in [-0.15, -0.1) is 0 Å². The third-order valence-corrected chi connectivity index (χ3v) is 3.59. The Labute approximate surface area is 97.7 Å². The number of carbonyl (C=O) groups excluding carboxylic acids is 1. The lowest BCUT2D eigenvalue weighted by Gasteiger charge is -2.08. The molecule has 0 saturated heterocycles. The van der Waals surface area contributed by atoms with Crippen LogP contribution in [0, 0.1) is 11.6 Å². The molecule has 0 aliphatic rings. The van der Waals surface area contributed by atoms with Crippen molar-refractivity contribution in [1.82, 2.24) is 4.72 Å². The predicted octanol–water partition coefficient (Wildman–Crippen LogP) is 1.47. The average Bonchev–Trinajstić information content (AvgIpc) is 2.15. The Hall–Kier alpha value is -1.34. The molecule has 94 valence electrons. The average molecular weight is 263 g/mol. The SMILES string of the molecule is CCNS(=O)(=O)c1ccc(F)c(C(C)=O)c1F. The van der Waals surface area contributed by atoms with Gasteiger partial charge >= 0.3 is 0 Å². The van der Waals surface area contributed by atoms with Crippen molar-refractivity contribution in [2.45, 2.75) is 18.7 Å². The molecular weight excluding hydrogens is 252 g/mol. The van der Waals surface area contributed by atoms with Crippen molar-refractivity contribution in [2.75, 3.05) is 6.54 Å². The minimum atomic E-state index is -4.06. The summed E-state index contributed by atoms with van der Waals surface area (Å²) in [5.74, 6) is -3.31. The lowest BCUT2D eigenvalue weighted by Crippen LogP contribution is -2.25. The summed E-state index contributed by atoms with van der Waals surface area (Å²) in [6, 6.07) is 1.54. The molecule has 0 aliphatic carbocycles. The molecule has 7 heteroatoms. The molecule has 0 fully saturated rings. The van der Waals surface area contributed by atoms with E-state index < -0.39 is 37.9 Å². The summed E-state index contributed by atoms with van der Waals surface area (Å²) < 4.78 is 52.1. The predicted molar refractivity (Wildman–Crippen MR) is 57.2 cm³/mol. The van der Waals surface area contributed by atoms with Crippen LogP contribution >= 0.6 is 0 Å². The van der Waals surface area contributed by atoms with Crippen molar-refractivity contribution in [3.05, 3.63) is 29.3 Å². The maximum atomic E-state index is 13.7. The van der Waals surface area contributed by atoms with E-state index in [9.17, 15) is 22.0 Å². The summed E-state index contributed by atoms with van der Waals surface area (Å²) in [5.41, 5.74) is -0.844. The van der Waals surface area contributed by atoms with Crippen LogP contribution in [-0.4, -0.2) is 20.7 Å². The molecule has 1 N–H and O–H groups in total. The van der Waals surface area contributed by atoms with Gasteiger partial charge in [-0.3, -0.25) is 4.79 Å². The van der Waals surface area contributed by atoms with Gasteiger partial charge in [-0.2, -0.15) is 0 Å². The van der Waals surface area contributed by atoms with E-state index in [2.05, 4.69) is 4.72 Å². The minimum Gasteiger partial charge on any atom is -0.294 e. The van der Waals surface area contributed by atoms with E-state index in [4.69, 9.17) is 0 Å². The summed E-state index contributed by atoms with van der Waals surface area (Å²) in [6.07, 6.45) is 0. The molecule has 0 heterocycles. The molecule has 0 radical (unpaired) electrons. The van der Waals surface area contributed by atoms with E-state index in [1.165, 1.54) is 6.92 Å². The maximum Gasteiger partial charge on any atom is 0.243 e. The van der Waals surface area contributed by atoms with Gasteiger partial charge in [0.15, 0.2) is 11.6 Å². The molecule has 1 rings (SSSR count). The molecular formula is C10H11F2NO3S. The highest BCUT2D eigenvalue weighted by Crippen LogP contribution is 2.21. The summed E-state index contributed by atoms with van der Waals surface area (Å²) in [5, 5.41) is 0. The number of sulfonamides is 1. The Morgan fingerprint density at radius 1 is 1.35 bits per heavy atom. The minimum absolute atomic E-state index is 0.0640. The maximum absolute atomic E-state index is 13.7. The summed E-state index contributed by atoms with van der Waals surface area (Å²) in [6.45, 7) is 2.55. The van der Waals surface area contributed by atoms with Gasteiger partial charge in [0.2, 0.25) is 10.0 Å². The van der Waals surface area contributed by atoms with Crippen LogP contribution in [0.1, 0.15) is 24.2 Å². The molecule has 0 saturated carbocycles. The standard InChI is InChI=1S/C10H11F2NO3S/c1-3-13-17(15,16)8-5-4-7(11)9(6(2)14)10(8)12/h4-5,13H,3H2,1-2H3. The largest absolute Gasteiger partial charge is 0.294 e. The van der Waals surface area contributed by atoms with E-state index in [1.54, 1.807) is 0 Å². The Bertz CT molecular complexity index is 555. The van der Waals surface area contributed by atoms with Gasteiger partial charge in [-0.1, -0.05) is 6.92 Å². The highest BCUT2D eigenvalue weighted by Gasteiger charge is 2.24. The monoisotopic (exact) mass is 263 g/mol. The molecule has 0 aromatic heterocycles. The number of halogens is 2. The van der Waals surface area contributed by atoms with E-state index in [0.29, 0.717) is 0 Å². The first-order valence-corrected chi connectivity index (χ1v) is 6.28. The zero-order valence-electron chi connectivity index (χ0n) is 9.25. The molecule has 0 amide bonds. The number of rotatable bonds is 4. The van der Waals surface area contributed by atoms with Crippen molar-refractivity contribution in [2.24, 2.45) is 0 Å². The van der Waals surface area contributed by atoms with Crippen molar-refractivity contribution in [1.29, 1.82) is 0 Å². The second-order valence-corrected chi connectivity index (χ2v) is 5.03. The number of carbonyl (C=O) groups is 1. The van der Waals surface area contributed by atoms with Crippen LogP contribution in [-0.2, 0) is 10.0 Å². The number of Topliss-reactive ketones (excluding diaryl/α,β-unsaturated/α-hetero) is 1. The van der Waals surface area contributed by atoms with Crippen LogP contribution in [0.3, 0.4) is 0 Å². The van der Waals surface area contributed by atoms with Gasteiger partial charge in [0.1, 0.15) is 10.7 Å². The van der Waals surface area contributed by atoms with E-state index in [0.717, 1.165) is 19.1 Å². The van der Waals surface area contributed by atoms with Gasteiger partial charge in [-0.05, 0) is 19.1 Å². The Kier molecular flexibility index (Phi) is 3.94. The molecule has 1 aromatic rings. The van der Waals surface area contributed by atoms with Crippen molar-refractivity contribution in [3.63, 3.8) is 0 Å². The first kappa shape index (κ1) is 13.7. The van der Waals surface area contributed by atoms with Crippen LogP contribution < -0.4 is 4.72 Å². The zero-order valence-corrected chi connectivity index (χ0v) is 10.1. The summed E-state index contributed by atoms with van der Waals surface area (Å²) >= 11 is 0. The molecule has 17 heavy (non-hydrogen) atoms. The van der Waals surface area contributed by atoms with Gasteiger partial charge in [0.05, 0.1) is 5.56 Å². The van der Waals surface area contributed by atoms with Crippen molar-refractivity contribution in [3.8, 4) is 0 Å². The van der Waals surface area contributed by atoms with E-state index in [1.807, 2.05) is 0 Å². The molecule has 0 unspecified atom stereocenters. The molecule has 4 nitrogen and oxygen atoms in total. The zero-order chi connectivity index (χ0) is 13.2. The van der Waals surface area contributed by atoms with Gasteiger partial charge in [0.25, 0.3) is 0 Å². The van der Waals surface area contributed by atoms with Gasteiger partial charge in [-0.25, -0.2) is 21.9 Å². The van der Waals surface area contributed by atoms with Crippen LogP contribution in [0.2, 0.25) is 0 Å². The van der Waals surface area contributed by atoms with Gasteiger partial charge < -0.3 is 0 Å². The lowest BCUT2D eigenvalue weighted by molar-refractivity contribution is 0.100. The number of benzene rings is 1. The van der Waals surface area contributed by atoms with Crippen LogP contribution in [0.5, 0.6) is 0 Å². The first-order valence-electron chi connectivity index (χ1n) is 4.80.